The summed E-state index contributed by atoms with van der Waals surface area (Å²) in [4.78, 5) is 11.0. The molecule has 0 aromatic rings. The van der Waals surface area contributed by atoms with Crippen LogP contribution in [0.3, 0.4) is 0 Å². The van der Waals surface area contributed by atoms with Crippen molar-refractivity contribution in [3.8, 4) is 0 Å². The molecule has 0 aliphatic heterocycles. The van der Waals surface area contributed by atoms with Crippen molar-refractivity contribution in [3.63, 3.8) is 0 Å². The van der Waals surface area contributed by atoms with Gasteiger partial charge in [-0.3, -0.25) is 4.79 Å². The van der Waals surface area contributed by atoms with Crippen molar-refractivity contribution in [2.75, 3.05) is 20.1 Å². The monoisotopic (exact) mass is 226 g/mol. The number of nitrogens with one attached hydrogen (secondary N) is 2. The molecule has 0 aliphatic carbocycles. The van der Waals surface area contributed by atoms with Gasteiger partial charge >= 0.3 is 6.18 Å². The Morgan fingerprint density at radius 1 is 1.33 bits per heavy atom. The summed E-state index contributed by atoms with van der Waals surface area (Å²) >= 11 is 0. The predicted molar refractivity (Wildman–Crippen MR) is 51.4 cm³/mol. The Balaban J connectivity index is 3.58. The van der Waals surface area contributed by atoms with Crippen LogP contribution in [-0.4, -0.2) is 32.2 Å². The molecule has 15 heavy (non-hydrogen) atoms. The molecule has 0 aliphatic rings. The van der Waals surface area contributed by atoms with Gasteiger partial charge in [0.05, 0.1) is 6.42 Å². The Hall–Kier alpha value is -0.780. The molecule has 1 atom stereocenters. The van der Waals surface area contributed by atoms with Gasteiger partial charge in [-0.1, -0.05) is 6.92 Å². The van der Waals surface area contributed by atoms with Crippen LogP contribution in [0.1, 0.15) is 19.8 Å². The van der Waals surface area contributed by atoms with Crippen LogP contribution >= 0.6 is 0 Å². The van der Waals surface area contributed by atoms with E-state index in [0.29, 0.717) is 6.54 Å². The molecule has 90 valence electrons. The van der Waals surface area contributed by atoms with Crippen LogP contribution in [0.25, 0.3) is 0 Å². The van der Waals surface area contributed by atoms with E-state index in [4.69, 9.17) is 0 Å². The molecule has 2 N–H and O–H groups in total. The second-order valence-corrected chi connectivity index (χ2v) is 3.58. The summed E-state index contributed by atoms with van der Waals surface area (Å²) < 4.78 is 35.2. The van der Waals surface area contributed by atoms with Crippen molar-refractivity contribution in [3.05, 3.63) is 0 Å². The van der Waals surface area contributed by atoms with E-state index in [1.54, 1.807) is 7.05 Å². The average Bonchev–Trinajstić information content (AvgIpc) is 2.11. The zero-order chi connectivity index (χ0) is 11.9. The Morgan fingerprint density at radius 2 is 1.93 bits per heavy atom. The van der Waals surface area contributed by atoms with Gasteiger partial charge in [-0.15, -0.1) is 0 Å². The zero-order valence-corrected chi connectivity index (χ0v) is 8.95. The summed E-state index contributed by atoms with van der Waals surface area (Å²) in [5.74, 6) is -0.333. The highest BCUT2D eigenvalue weighted by Gasteiger charge is 2.27. The number of carbonyl (C=O) groups excluding carboxylic acids is 1. The molecule has 0 rings (SSSR count). The minimum absolute atomic E-state index is 0.213. The van der Waals surface area contributed by atoms with Gasteiger partial charge in [0.2, 0.25) is 5.91 Å². The third-order valence-corrected chi connectivity index (χ3v) is 1.84. The van der Waals surface area contributed by atoms with Gasteiger partial charge < -0.3 is 10.6 Å². The maximum absolute atomic E-state index is 11.7. The second kappa shape index (κ2) is 6.66. The number of halogens is 3. The first-order chi connectivity index (χ1) is 6.85. The minimum atomic E-state index is -4.26. The lowest BCUT2D eigenvalue weighted by molar-refractivity contribution is -0.144. The van der Waals surface area contributed by atoms with E-state index in [9.17, 15) is 18.0 Å². The fraction of sp³-hybridized carbons (Fsp3) is 0.889. The highest BCUT2D eigenvalue weighted by molar-refractivity contribution is 5.75. The van der Waals surface area contributed by atoms with E-state index in [0.717, 1.165) is 6.54 Å². The third-order valence-electron chi connectivity index (χ3n) is 1.84. The summed E-state index contributed by atoms with van der Waals surface area (Å²) in [5.41, 5.74) is 0. The number of hydrogen-bond donors (Lipinski definition) is 2. The summed E-state index contributed by atoms with van der Waals surface area (Å²) in [6.45, 7) is 3.03. The fourth-order valence-electron chi connectivity index (χ4n) is 1.05. The first-order valence-electron chi connectivity index (χ1n) is 4.83. The molecule has 0 unspecified atom stereocenters. The minimum Gasteiger partial charge on any atom is -0.356 e. The third kappa shape index (κ3) is 9.52. The number of hydrogen-bond acceptors (Lipinski definition) is 2. The number of carbonyl (C=O) groups is 1. The highest BCUT2D eigenvalue weighted by atomic mass is 19.4. The van der Waals surface area contributed by atoms with E-state index >= 15 is 0 Å². The molecular formula is C9H17F3N2O. The van der Waals surface area contributed by atoms with Crippen molar-refractivity contribution in [2.45, 2.75) is 25.9 Å². The van der Waals surface area contributed by atoms with Gasteiger partial charge in [0.1, 0.15) is 0 Å². The quantitative estimate of drug-likeness (QED) is 0.716. The van der Waals surface area contributed by atoms with Gasteiger partial charge in [0, 0.05) is 13.0 Å². The van der Waals surface area contributed by atoms with Crippen LogP contribution in [0, 0.1) is 5.92 Å². The molecule has 0 aromatic carbocycles. The molecule has 3 nitrogen and oxygen atoms in total. The SMILES string of the molecule is CNC[C@H](C)CNC(=O)CCC(F)(F)F. The van der Waals surface area contributed by atoms with E-state index in [-0.39, 0.29) is 5.92 Å². The largest absolute Gasteiger partial charge is 0.389 e. The van der Waals surface area contributed by atoms with Gasteiger partial charge in [-0.05, 0) is 19.5 Å². The molecule has 0 saturated heterocycles. The maximum Gasteiger partial charge on any atom is 0.389 e. The first-order valence-corrected chi connectivity index (χ1v) is 4.83. The lowest BCUT2D eigenvalue weighted by Crippen LogP contribution is -2.32. The van der Waals surface area contributed by atoms with Crippen LogP contribution in [0.5, 0.6) is 0 Å². The van der Waals surface area contributed by atoms with Crippen molar-refractivity contribution < 1.29 is 18.0 Å². The zero-order valence-electron chi connectivity index (χ0n) is 8.95. The van der Waals surface area contributed by atoms with Gasteiger partial charge in [-0.2, -0.15) is 13.2 Å². The van der Waals surface area contributed by atoms with Crippen molar-refractivity contribution in [1.82, 2.24) is 10.6 Å². The van der Waals surface area contributed by atoms with Crippen LogP contribution < -0.4 is 10.6 Å². The van der Waals surface area contributed by atoms with E-state index in [1.807, 2.05) is 6.92 Å². The smallest absolute Gasteiger partial charge is 0.356 e. The molecule has 6 heteroatoms. The normalized spacial score (nSPS) is 13.7. The molecule has 0 bridgehead atoms. The Morgan fingerprint density at radius 3 is 2.40 bits per heavy atom. The van der Waals surface area contributed by atoms with Gasteiger partial charge in [0.15, 0.2) is 0 Å². The van der Waals surface area contributed by atoms with Crippen LogP contribution in [-0.2, 0) is 4.79 Å². The predicted octanol–water partition coefficient (Wildman–Crippen LogP) is 1.30. The van der Waals surface area contributed by atoms with Crippen LogP contribution in [0.15, 0.2) is 0 Å². The number of alkyl halides is 3. The highest BCUT2D eigenvalue weighted by Crippen LogP contribution is 2.20. The average molecular weight is 226 g/mol. The Bertz CT molecular complexity index is 194. The molecule has 1 amide bonds. The summed E-state index contributed by atoms with van der Waals surface area (Å²) in [5, 5.41) is 5.38. The second-order valence-electron chi connectivity index (χ2n) is 3.58. The van der Waals surface area contributed by atoms with Crippen molar-refractivity contribution >= 4 is 5.91 Å². The summed E-state index contributed by atoms with van der Waals surface area (Å²) in [6, 6.07) is 0. The van der Waals surface area contributed by atoms with Gasteiger partial charge in [0.25, 0.3) is 0 Å². The molecule has 0 fully saturated rings. The Labute approximate surface area is 87.4 Å². The summed E-state index contributed by atoms with van der Waals surface area (Å²) in [7, 11) is 1.78. The molecular weight excluding hydrogens is 209 g/mol. The standard InChI is InChI=1S/C9H17F3N2O/c1-7(5-13-2)6-14-8(15)3-4-9(10,11)12/h7,13H,3-6H2,1-2H3,(H,14,15)/t7-/m0/s1. The van der Waals surface area contributed by atoms with Crippen molar-refractivity contribution in [1.29, 1.82) is 0 Å². The fourth-order valence-corrected chi connectivity index (χ4v) is 1.05. The first kappa shape index (κ1) is 14.2. The van der Waals surface area contributed by atoms with Crippen molar-refractivity contribution in [2.24, 2.45) is 5.92 Å². The van der Waals surface area contributed by atoms with E-state index in [2.05, 4.69) is 10.6 Å². The molecule has 0 heterocycles. The topological polar surface area (TPSA) is 41.1 Å². The molecule has 0 radical (unpaired) electrons. The van der Waals surface area contributed by atoms with Crippen LogP contribution in [0.4, 0.5) is 13.2 Å². The molecule has 0 spiro atoms. The van der Waals surface area contributed by atoms with Gasteiger partial charge in [-0.25, -0.2) is 0 Å². The number of rotatable bonds is 6. The summed E-state index contributed by atoms with van der Waals surface area (Å²) in [6.07, 6.45) is -5.80. The molecule has 0 saturated carbocycles. The van der Waals surface area contributed by atoms with E-state index < -0.39 is 24.9 Å². The Kier molecular flexibility index (Phi) is 6.31. The number of amides is 1. The van der Waals surface area contributed by atoms with E-state index in [1.165, 1.54) is 0 Å². The lowest BCUT2D eigenvalue weighted by Gasteiger charge is -2.12. The lowest BCUT2D eigenvalue weighted by atomic mass is 10.2. The maximum atomic E-state index is 11.7. The molecule has 0 aromatic heterocycles. The van der Waals surface area contributed by atoms with Crippen LogP contribution in [0.2, 0.25) is 0 Å².